The molecule has 0 aliphatic rings. The minimum absolute atomic E-state index is 0.0220. The van der Waals surface area contributed by atoms with Crippen molar-refractivity contribution in [3.63, 3.8) is 0 Å². The number of carbonyl (C=O) groups excluding carboxylic acids is 1. The number of hydrogen-bond donors (Lipinski definition) is 2. The van der Waals surface area contributed by atoms with E-state index in [4.69, 9.17) is 0 Å². The number of hydrogen-bond acceptors (Lipinski definition) is 3. The van der Waals surface area contributed by atoms with Crippen LogP contribution >= 0.6 is 0 Å². The summed E-state index contributed by atoms with van der Waals surface area (Å²) in [7, 11) is -0.921. The van der Waals surface area contributed by atoms with Crippen molar-refractivity contribution in [2.24, 2.45) is 0 Å². The second-order valence-corrected chi connectivity index (χ2v) is 5.77. The Hall–Kier alpha value is -1.27. The summed E-state index contributed by atoms with van der Waals surface area (Å²) < 4.78 is 24.3. The molecule has 0 aliphatic heterocycles. The SMILES string of the molecule is CC(CNCC(=O)Nc1ccccc1F)S(C)=O. The van der Waals surface area contributed by atoms with E-state index in [9.17, 15) is 13.4 Å². The van der Waals surface area contributed by atoms with Crippen molar-refractivity contribution in [3.05, 3.63) is 30.1 Å². The van der Waals surface area contributed by atoms with E-state index in [1.54, 1.807) is 18.4 Å². The molecule has 0 spiro atoms. The third kappa shape index (κ3) is 4.93. The van der Waals surface area contributed by atoms with Crippen LogP contribution in [0.5, 0.6) is 0 Å². The molecule has 1 rings (SSSR count). The first kappa shape index (κ1) is 14.8. The summed E-state index contributed by atoms with van der Waals surface area (Å²) in [5.41, 5.74) is 0.163. The Morgan fingerprint density at radius 2 is 2.11 bits per heavy atom. The van der Waals surface area contributed by atoms with Crippen LogP contribution in [0.2, 0.25) is 0 Å². The van der Waals surface area contributed by atoms with Crippen LogP contribution in [-0.2, 0) is 15.6 Å². The molecule has 0 heterocycles. The fourth-order valence-electron chi connectivity index (χ4n) is 1.26. The van der Waals surface area contributed by atoms with Gasteiger partial charge < -0.3 is 10.6 Å². The van der Waals surface area contributed by atoms with Crippen LogP contribution < -0.4 is 10.6 Å². The molecule has 0 saturated carbocycles. The molecule has 4 nitrogen and oxygen atoms in total. The minimum Gasteiger partial charge on any atom is -0.322 e. The molecule has 0 saturated heterocycles. The number of carbonyl (C=O) groups is 1. The Morgan fingerprint density at radius 1 is 1.44 bits per heavy atom. The number of amides is 1. The highest BCUT2D eigenvalue weighted by Gasteiger charge is 2.08. The Bertz CT molecular complexity index is 440. The van der Waals surface area contributed by atoms with Gasteiger partial charge in [-0.2, -0.15) is 0 Å². The van der Waals surface area contributed by atoms with Gasteiger partial charge in [0.15, 0.2) is 0 Å². The van der Waals surface area contributed by atoms with Gasteiger partial charge in [-0.3, -0.25) is 9.00 Å². The maximum Gasteiger partial charge on any atom is 0.238 e. The van der Waals surface area contributed by atoms with E-state index in [0.29, 0.717) is 6.54 Å². The molecule has 0 bridgehead atoms. The van der Waals surface area contributed by atoms with E-state index < -0.39 is 16.6 Å². The van der Waals surface area contributed by atoms with Crippen LogP contribution in [-0.4, -0.2) is 34.7 Å². The lowest BCUT2D eigenvalue weighted by Gasteiger charge is -2.10. The zero-order chi connectivity index (χ0) is 13.5. The van der Waals surface area contributed by atoms with Gasteiger partial charge in [0.25, 0.3) is 0 Å². The summed E-state index contributed by atoms with van der Waals surface area (Å²) in [4.78, 5) is 11.5. The normalized spacial score (nSPS) is 13.9. The topological polar surface area (TPSA) is 58.2 Å². The lowest BCUT2D eigenvalue weighted by atomic mass is 10.3. The summed E-state index contributed by atoms with van der Waals surface area (Å²) in [5, 5.41) is 5.32. The van der Waals surface area contributed by atoms with E-state index in [1.165, 1.54) is 12.1 Å². The van der Waals surface area contributed by atoms with Crippen molar-refractivity contribution < 1.29 is 13.4 Å². The molecule has 2 N–H and O–H groups in total. The Balaban J connectivity index is 2.35. The van der Waals surface area contributed by atoms with E-state index in [-0.39, 0.29) is 23.4 Å². The van der Waals surface area contributed by atoms with E-state index >= 15 is 0 Å². The van der Waals surface area contributed by atoms with Crippen molar-refractivity contribution in [3.8, 4) is 0 Å². The predicted octanol–water partition coefficient (Wildman–Crippen LogP) is 1.12. The van der Waals surface area contributed by atoms with Gasteiger partial charge in [0.1, 0.15) is 5.82 Å². The van der Waals surface area contributed by atoms with Crippen LogP contribution in [0.1, 0.15) is 6.92 Å². The van der Waals surface area contributed by atoms with Gasteiger partial charge >= 0.3 is 0 Å². The van der Waals surface area contributed by atoms with E-state index in [2.05, 4.69) is 10.6 Å². The third-order valence-corrected chi connectivity index (χ3v) is 3.73. The molecule has 2 unspecified atom stereocenters. The molecule has 0 aliphatic carbocycles. The first-order valence-corrected chi connectivity index (χ1v) is 7.20. The monoisotopic (exact) mass is 272 g/mol. The molecule has 0 radical (unpaired) electrons. The summed E-state index contributed by atoms with van der Waals surface area (Å²) in [6.45, 7) is 2.38. The number of nitrogens with one attached hydrogen (secondary N) is 2. The molecular weight excluding hydrogens is 255 g/mol. The van der Waals surface area contributed by atoms with Gasteiger partial charge in [0, 0.05) is 28.9 Å². The lowest BCUT2D eigenvalue weighted by Crippen LogP contribution is -2.34. The maximum atomic E-state index is 13.2. The molecule has 2 atom stereocenters. The standard InChI is InChI=1S/C12H17FN2O2S/c1-9(18(2)17)7-14-8-12(16)15-11-6-4-3-5-10(11)13/h3-6,9,14H,7-8H2,1-2H3,(H,15,16). The number of para-hydroxylation sites is 1. The highest BCUT2D eigenvalue weighted by atomic mass is 32.2. The molecule has 18 heavy (non-hydrogen) atoms. The molecule has 100 valence electrons. The van der Waals surface area contributed by atoms with Gasteiger partial charge in [0.2, 0.25) is 5.91 Å². The summed E-state index contributed by atoms with van der Waals surface area (Å²) >= 11 is 0. The van der Waals surface area contributed by atoms with E-state index in [1.807, 2.05) is 6.92 Å². The molecule has 6 heteroatoms. The fourth-order valence-corrected chi connectivity index (χ4v) is 1.62. The van der Waals surface area contributed by atoms with Gasteiger partial charge in [-0.1, -0.05) is 12.1 Å². The summed E-state index contributed by atoms with van der Waals surface area (Å²) in [6, 6.07) is 5.98. The minimum atomic E-state index is -0.921. The Kier molecular flexibility index (Phi) is 5.94. The molecule has 1 amide bonds. The number of benzene rings is 1. The number of halogens is 1. The van der Waals surface area contributed by atoms with Gasteiger partial charge in [-0.15, -0.1) is 0 Å². The van der Waals surface area contributed by atoms with Crippen LogP contribution in [0.3, 0.4) is 0 Å². The van der Waals surface area contributed by atoms with Crippen LogP contribution in [0.25, 0.3) is 0 Å². The molecular formula is C12H17FN2O2S. The lowest BCUT2D eigenvalue weighted by molar-refractivity contribution is -0.115. The van der Waals surface area contributed by atoms with Crippen LogP contribution in [0.15, 0.2) is 24.3 Å². The largest absolute Gasteiger partial charge is 0.322 e. The maximum absolute atomic E-state index is 13.2. The fraction of sp³-hybridized carbons (Fsp3) is 0.417. The summed E-state index contributed by atoms with van der Waals surface area (Å²) in [6.07, 6.45) is 1.62. The predicted molar refractivity (Wildman–Crippen MR) is 71.4 cm³/mol. The molecule has 0 fully saturated rings. The van der Waals surface area contributed by atoms with Crippen molar-refractivity contribution in [2.45, 2.75) is 12.2 Å². The molecule has 1 aromatic rings. The van der Waals surface area contributed by atoms with Crippen LogP contribution in [0.4, 0.5) is 10.1 Å². The molecule has 0 aromatic heterocycles. The molecule has 1 aromatic carbocycles. The van der Waals surface area contributed by atoms with Crippen molar-refractivity contribution in [1.29, 1.82) is 0 Å². The first-order chi connectivity index (χ1) is 8.50. The third-order valence-electron chi connectivity index (χ3n) is 2.43. The van der Waals surface area contributed by atoms with Crippen molar-refractivity contribution in [2.75, 3.05) is 24.7 Å². The van der Waals surface area contributed by atoms with Gasteiger partial charge in [-0.05, 0) is 19.1 Å². The van der Waals surface area contributed by atoms with Gasteiger partial charge in [-0.25, -0.2) is 4.39 Å². The average Bonchev–Trinajstić information content (AvgIpc) is 2.32. The zero-order valence-electron chi connectivity index (χ0n) is 10.4. The van der Waals surface area contributed by atoms with Gasteiger partial charge in [0.05, 0.1) is 12.2 Å². The highest BCUT2D eigenvalue weighted by molar-refractivity contribution is 7.84. The van der Waals surface area contributed by atoms with Crippen molar-refractivity contribution in [1.82, 2.24) is 5.32 Å². The average molecular weight is 272 g/mol. The zero-order valence-corrected chi connectivity index (χ0v) is 11.2. The quantitative estimate of drug-likeness (QED) is 0.816. The highest BCUT2D eigenvalue weighted by Crippen LogP contribution is 2.11. The van der Waals surface area contributed by atoms with Crippen LogP contribution in [0, 0.1) is 5.82 Å². The number of rotatable bonds is 6. The Morgan fingerprint density at radius 3 is 2.72 bits per heavy atom. The smallest absolute Gasteiger partial charge is 0.238 e. The summed E-state index contributed by atoms with van der Waals surface area (Å²) in [5.74, 6) is -0.789. The Labute approximate surface area is 108 Å². The second-order valence-electron chi connectivity index (χ2n) is 3.97. The van der Waals surface area contributed by atoms with E-state index in [0.717, 1.165) is 0 Å². The number of anilines is 1. The second kappa shape index (κ2) is 7.23. The first-order valence-electron chi connectivity index (χ1n) is 5.58. The van der Waals surface area contributed by atoms with Crippen molar-refractivity contribution >= 4 is 22.4 Å².